The van der Waals surface area contributed by atoms with Gasteiger partial charge in [-0.05, 0) is 64.2 Å². The Morgan fingerprint density at radius 1 is 0.448 bits per heavy atom. The molecule has 0 saturated carbocycles. The molecule has 29 heavy (non-hydrogen) atoms. The highest BCUT2D eigenvalue weighted by Gasteiger charge is 2.71. The van der Waals surface area contributed by atoms with Crippen LogP contribution >= 0.6 is 105 Å². The molecule has 170 valence electrons. The molecule has 0 aliphatic carbocycles. The van der Waals surface area contributed by atoms with Crippen LogP contribution in [-0.2, 0) is 0 Å². The zero-order chi connectivity index (χ0) is 20.8. The summed E-state index contributed by atoms with van der Waals surface area (Å²) >= 11 is 32.0. The van der Waals surface area contributed by atoms with Crippen molar-refractivity contribution >= 4 is 105 Å². The highest BCUT2D eigenvalue weighted by molar-refractivity contribution is 8.64. The summed E-state index contributed by atoms with van der Waals surface area (Å²) in [5, 5.41) is 0. The van der Waals surface area contributed by atoms with Crippen molar-refractivity contribution in [3.05, 3.63) is 0 Å². The molecule has 0 N–H and O–H groups in total. The van der Waals surface area contributed by atoms with Gasteiger partial charge in [-0.25, -0.2) is 0 Å². The van der Waals surface area contributed by atoms with E-state index in [4.69, 9.17) is 34.8 Å². The zero-order valence-corrected chi connectivity index (χ0v) is 24.4. The van der Waals surface area contributed by atoms with E-state index in [1.165, 1.54) is 57.8 Å². The Labute approximate surface area is 218 Å². The van der Waals surface area contributed by atoms with Crippen LogP contribution in [0.15, 0.2) is 0 Å². The second-order valence-corrected chi connectivity index (χ2v) is 21.7. The maximum absolute atomic E-state index is 6.05. The van der Waals surface area contributed by atoms with Gasteiger partial charge in [0.2, 0.25) is 0 Å². The minimum Gasteiger partial charge on any atom is -0.127 e. The molecule has 4 saturated heterocycles. The summed E-state index contributed by atoms with van der Waals surface area (Å²) < 4.78 is 1.21. The minimum atomic E-state index is 0.295. The summed E-state index contributed by atoms with van der Waals surface area (Å²) in [5.41, 5.74) is 0. The first kappa shape index (κ1) is 26.6. The highest BCUT2D eigenvalue weighted by atomic mass is 35.5. The third kappa shape index (κ3) is 6.77. The lowest BCUT2D eigenvalue weighted by atomic mass is 10.2. The first-order chi connectivity index (χ1) is 14.0. The Kier molecular flexibility index (Phi) is 11.1. The van der Waals surface area contributed by atoms with Crippen molar-refractivity contribution in [2.24, 2.45) is 0 Å². The van der Waals surface area contributed by atoms with E-state index in [1.54, 1.807) is 0 Å². The molecule has 0 aromatic heterocycles. The van der Waals surface area contributed by atoms with E-state index in [0.29, 0.717) is 13.6 Å². The molecule has 4 aliphatic heterocycles. The van der Waals surface area contributed by atoms with Crippen LogP contribution in [0.5, 0.6) is 0 Å². The van der Waals surface area contributed by atoms with Gasteiger partial charge in [-0.2, -0.15) is 0 Å². The smallest absolute Gasteiger partial charge is 0.113 e. The molecular formula is C20H33Cl3S6. The molecule has 4 bridgehead atoms. The molecule has 0 aromatic carbocycles. The van der Waals surface area contributed by atoms with E-state index in [-0.39, 0.29) is 0 Å². The number of halogens is 3. The molecule has 0 radical (unpaired) electrons. The number of rotatable bonds is 15. The molecule has 0 amide bonds. The monoisotopic (exact) mass is 570 g/mol. The van der Waals surface area contributed by atoms with Crippen LogP contribution in [0.1, 0.15) is 84.0 Å². The number of hydrogen-bond acceptors (Lipinski definition) is 6. The topological polar surface area (TPSA) is 0 Å². The van der Waals surface area contributed by atoms with E-state index in [0.717, 1.165) is 36.9 Å². The average Bonchev–Trinajstić information content (AvgIpc) is 2.66. The molecule has 0 aromatic rings. The van der Waals surface area contributed by atoms with E-state index in [9.17, 15) is 0 Å². The Bertz CT molecular complexity index is 450. The van der Waals surface area contributed by atoms with E-state index in [1.807, 2.05) is 0 Å². The van der Waals surface area contributed by atoms with Gasteiger partial charge in [-0.3, -0.25) is 0 Å². The molecule has 4 heterocycles. The van der Waals surface area contributed by atoms with Crippen LogP contribution in [0.3, 0.4) is 0 Å². The lowest BCUT2D eigenvalue weighted by molar-refractivity contribution is 0.687. The fraction of sp³-hybridized carbons (Fsp3) is 1.00. The van der Waals surface area contributed by atoms with E-state index < -0.39 is 0 Å². The molecular weight excluding hydrogens is 539 g/mol. The first-order valence-corrected chi connectivity index (χ1v) is 17.4. The first-order valence-electron chi connectivity index (χ1n) is 10.9. The second-order valence-electron chi connectivity index (χ2n) is 7.89. The molecule has 0 unspecified atom stereocenters. The molecule has 4 fully saturated rings. The number of unbranched alkanes of at least 4 members (excludes halogenated alkanes) is 4. The highest BCUT2D eigenvalue weighted by Crippen LogP contribution is 2.91. The summed E-state index contributed by atoms with van der Waals surface area (Å²) in [7, 11) is 0. The summed E-state index contributed by atoms with van der Waals surface area (Å²) in [6, 6.07) is 0. The second kappa shape index (κ2) is 12.1. The molecule has 4 rings (SSSR count). The zero-order valence-electron chi connectivity index (χ0n) is 17.2. The Hall–Kier alpha value is 2.97. The van der Waals surface area contributed by atoms with Crippen LogP contribution in [0.4, 0.5) is 0 Å². The van der Waals surface area contributed by atoms with Crippen LogP contribution < -0.4 is 0 Å². The molecule has 0 atom stereocenters. The van der Waals surface area contributed by atoms with Crippen molar-refractivity contribution in [3.8, 4) is 0 Å². The van der Waals surface area contributed by atoms with Crippen LogP contribution in [0.25, 0.3) is 0 Å². The largest absolute Gasteiger partial charge is 0.127 e. The van der Waals surface area contributed by atoms with Crippen molar-refractivity contribution in [2.75, 3.05) is 17.6 Å². The van der Waals surface area contributed by atoms with E-state index >= 15 is 0 Å². The minimum absolute atomic E-state index is 0.295. The van der Waals surface area contributed by atoms with Gasteiger partial charge in [0.25, 0.3) is 0 Å². The average molecular weight is 572 g/mol. The SMILES string of the molecule is CCCCC12SC3(CCCCCl)SC(CCCCCl)(S1)SC(CCCCCl)(S2)S3. The summed E-state index contributed by atoms with van der Waals surface area (Å²) in [5.74, 6) is 2.37. The van der Waals surface area contributed by atoms with Crippen molar-refractivity contribution in [1.29, 1.82) is 0 Å². The summed E-state index contributed by atoms with van der Waals surface area (Å²) in [4.78, 5) is 0. The number of hydrogen-bond donors (Lipinski definition) is 0. The van der Waals surface area contributed by atoms with Gasteiger partial charge in [0.1, 0.15) is 13.6 Å². The molecule has 0 spiro atoms. The quantitative estimate of drug-likeness (QED) is 0.141. The summed E-state index contributed by atoms with van der Waals surface area (Å²) in [6.07, 6.45) is 14.9. The summed E-state index contributed by atoms with van der Waals surface area (Å²) in [6.45, 7) is 2.33. The maximum Gasteiger partial charge on any atom is 0.113 e. The predicted octanol–water partition coefficient (Wildman–Crippen LogP) is 10.5. The van der Waals surface area contributed by atoms with Crippen LogP contribution in [-0.4, -0.2) is 31.3 Å². The number of alkyl halides is 3. The van der Waals surface area contributed by atoms with Gasteiger partial charge in [0, 0.05) is 17.6 Å². The Morgan fingerprint density at radius 2 is 0.724 bits per heavy atom. The van der Waals surface area contributed by atoms with Crippen molar-refractivity contribution in [3.63, 3.8) is 0 Å². The van der Waals surface area contributed by atoms with E-state index in [2.05, 4.69) is 77.5 Å². The van der Waals surface area contributed by atoms with Gasteiger partial charge in [-0.15, -0.1) is 105 Å². The van der Waals surface area contributed by atoms with Gasteiger partial charge in [-0.1, -0.05) is 19.8 Å². The normalized spacial score (nSPS) is 38.1. The number of thioether (sulfide) groups is 6. The Morgan fingerprint density at radius 3 is 0.966 bits per heavy atom. The predicted molar refractivity (Wildman–Crippen MR) is 150 cm³/mol. The lowest BCUT2D eigenvalue weighted by Gasteiger charge is -2.67. The maximum atomic E-state index is 6.05. The Balaban J connectivity index is 1.88. The third-order valence-electron chi connectivity index (χ3n) is 5.30. The lowest BCUT2D eigenvalue weighted by Crippen LogP contribution is -2.54. The van der Waals surface area contributed by atoms with Crippen LogP contribution in [0.2, 0.25) is 0 Å². The van der Waals surface area contributed by atoms with Crippen molar-refractivity contribution < 1.29 is 0 Å². The third-order valence-corrected chi connectivity index (χ3v) is 18.3. The van der Waals surface area contributed by atoms with Crippen molar-refractivity contribution in [1.82, 2.24) is 0 Å². The van der Waals surface area contributed by atoms with Gasteiger partial charge in [0.15, 0.2) is 0 Å². The van der Waals surface area contributed by atoms with Crippen molar-refractivity contribution in [2.45, 2.75) is 97.6 Å². The molecule has 0 nitrogen and oxygen atoms in total. The van der Waals surface area contributed by atoms with Gasteiger partial charge < -0.3 is 0 Å². The fourth-order valence-corrected chi connectivity index (χ4v) is 26.4. The molecule has 4 aliphatic rings. The van der Waals surface area contributed by atoms with Crippen LogP contribution in [0, 0.1) is 0 Å². The van der Waals surface area contributed by atoms with Gasteiger partial charge >= 0.3 is 0 Å². The molecule has 9 heteroatoms. The standard InChI is InChI=1S/C20H33Cl3S6/c1-2-3-10-17-24-18(11-4-7-14-21)27-19(25-17,12-5-8-15-22)29-20(26-17,28-18)13-6-9-16-23/h2-16H2,1H3. The van der Waals surface area contributed by atoms with Gasteiger partial charge in [0.05, 0.1) is 0 Å². The fourth-order valence-electron chi connectivity index (χ4n) is 3.99.